The molecule has 11 nitrogen and oxygen atoms in total. The van der Waals surface area contributed by atoms with Crippen molar-refractivity contribution < 1.29 is 14.7 Å². The summed E-state index contributed by atoms with van der Waals surface area (Å²) in [6, 6.07) is 11.4. The lowest BCUT2D eigenvalue weighted by atomic mass is 10.1. The molecule has 2 aromatic heterocycles. The Morgan fingerprint density at radius 1 is 1.19 bits per heavy atom. The molecule has 0 aliphatic heterocycles. The van der Waals surface area contributed by atoms with Gasteiger partial charge in [0.25, 0.3) is 0 Å². The molecule has 0 unspecified atom stereocenters. The molecule has 0 spiro atoms. The van der Waals surface area contributed by atoms with Crippen LogP contribution in [0.25, 0.3) is 23.0 Å². The monoisotopic (exact) mass is 526 g/mol. The SMILES string of the molecule is C[C@H](NC(=O)C=Cc1cc(Cl)ccc1-n1cnnn1)c1nc(-c2ccc(N(C)C(=O)O)cc2)c(Cl)[nH]1. The molecule has 4 aromatic rings. The van der Waals surface area contributed by atoms with Gasteiger partial charge >= 0.3 is 6.09 Å². The first kappa shape index (κ1) is 24.9. The summed E-state index contributed by atoms with van der Waals surface area (Å²) in [7, 11) is 1.45. The van der Waals surface area contributed by atoms with Gasteiger partial charge in [-0.1, -0.05) is 35.3 Å². The van der Waals surface area contributed by atoms with Crippen molar-refractivity contribution in [1.29, 1.82) is 0 Å². The molecule has 3 N–H and O–H groups in total. The Labute approximate surface area is 215 Å². The van der Waals surface area contributed by atoms with Crippen molar-refractivity contribution in [2.45, 2.75) is 13.0 Å². The van der Waals surface area contributed by atoms with Crippen molar-refractivity contribution in [2.75, 3.05) is 11.9 Å². The van der Waals surface area contributed by atoms with E-state index in [2.05, 4.69) is 30.8 Å². The average Bonchev–Trinajstić information content (AvgIpc) is 3.52. The van der Waals surface area contributed by atoms with Gasteiger partial charge in [-0.2, -0.15) is 4.68 Å². The van der Waals surface area contributed by atoms with E-state index >= 15 is 0 Å². The molecule has 184 valence electrons. The average molecular weight is 527 g/mol. The number of carbonyl (C=O) groups excluding carboxylic acids is 1. The number of imidazole rings is 1. The molecule has 36 heavy (non-hydrogen) atoms. The number of rotatable bonds is 7. The lowest BCUT2D eigenvalue weighted by Crippen LogP contribution is -2.25. The van der Waals surface area contributed by atoms with Crippen molar-refractivity contribution in [2.24, 2.45) is 0 Å². The predicted octanol–water partition coefficient (Wildman–Crippen LogP) is 4.36. The third kappa shape index (κ3) is 5.53. The second-order valence-corrected chi connectivity index (χ2v) is 8.51. The maximum atomic E-state index is 12.6. The van der Waals surface area contributed by atoms with E-state index in [0.717, 1.165) is 4.90 Å². The Kier molecular flexibility index (Phi) is 7.32. The van der Waals surface area contributed by atoms with Crippen LogP contribution in [0.3, 0.4) is 0 Å². The van der Waals surface area contributed by atoms with E-state index in [0.29, 0.717) is 44.2 Å². The maximum Gasteiger partial charge on any atom is 0.411 e. The number of nitrogens with zero attached hydrogens (tertiary/aromatic N) is 6. The topological polar surface area (TPSA) is 142 Å². The highest BCUT2D eigenvalue weighted by Crippen LogP contribution is 2.29. The summed E-state index contributed by atoms with van der Waals surface area (Å²) >= 11 is 12.5. The number of amides is 2. The van der Waals surface area contributed by atoms with Gasteiger partial charge in [0.15, 0.2) is 0 Å². The molecule has 0 radical (unpaired) electrons. The van der Waals surface area contributed by atoms with Crippen molar-refractivity contribution >= 4 is 47.0 Å². The van der Waals surface area contributed by atoms with Crippen molar-refractivity contribution in [3.05, 3.63) is 76.4 Å². The number of anilines is 1. The third-order valence-electron chi connectivity index (χ3n) is 5.26. The fourth-order valence-corrected chi connectivity index (χ4v) is 3.78. The van der Waals surface area contributed by atoms with Crippen LogP contribution in [0.4, 0.5) is 10.5 Å². The number of benzene rings is 2. The molecule has 0 fully saturated rings. The van der Waals surface area contributed by atoms with E-state index in [4.69, 9.17) is 28.3 Å². The normalized spacial score (nSPS) is 12.0. The van der Waals surface area contributed by atoms with Gasteiger partial charge in [-0.05, 0) is 53.8 Å². The van der Waals surface area contributed by atoms with Crippen LogP contribution in [-0.2, 0) is 4.79 Å². The van der Waals surface area contributed by atoms with Gasteiger partial charge in [0.2, 0.25) is 5.91 Å². The number of tetrazole rings is 1. The van der Waals surface area contributed by atoms with Gasteiger partial charge in [-0.15, -0.1) is 5.10 Å². The van der Waals surface area contributed by atoms with Gasteiger partial charge < -0.3 is 15.4 Å². The number of nitrogens with one attached hydrogen (secondary N) is 2. The summed E-state index contributed by atoms with van der Waals surface area (Å²) in [5.74, 6) is 0.0980. The Morgan fingerprint density at radius 2 is 1.94 bits per heavy atom. The first-order valence-electron chi connectivity index (χ1n) is 10.6. The number of H-pyrrole nitrogens is 1. The lowest BCUT2D eigenvalue weighted by Gasteiger charge is -2.13. The van der Waals surface area contributed by atoms with Crippen molar-refractivity contribution in [1.82, 2.24) is 35.5 Å². The minimum atomic E-state index is -1.07. The largest absolute Gasteiger partial charge is 0.465 e. The van der Waals surface area contributed by atoms with Crippen molar-refractivity contribution in [3.63, 3.8) is 0 Å². The highest BCUT2D eigenvalue weighted by molar-refractivity contribution is 6.32. The zero-order chi connectivity index (χ0) is 25.8. The van der Waals surface area contributed by atoms with Crippen LogP contribution in [0.2, 0.25) is 10.2 Å². The molecule has 1 atom stereocenters. The molecule has 0 aliphatic carbocycles. The van der Waals surface area contributed by atoms with Gasteiger partial charge in [0.1, 0.15) is 23.0 Å². The predicted molar refractivity (Wildman–Crippen MR) is 135 cm³/mol. The second kappa shape index (κ2) is 10.6. The summed E-state index contributed by atoms with van der Waals surface area (Å²) < 4.78 is 1.47. The first-order chi connectivity index (χ1) is 17.2. The molecule has 2 aromatic carbocycles. The van der Waals surface area contributed by atoms with Gasteiger partial charge in [-0.3, -0.25) is 9.69 Å². The molecule has 4 rings (SSSR count). The number of aromatic amines is 1. The van der Waals surface area contributed by atoms with E-state index in [9.17, 15) is 9.59 Å². The first-order valence-corrected chi connectivity index (χ1v) is 11.3. The number of carboxylic acid groups (broad SMARTS) is 1. The number of hydrogen-bond acceptors (Lipinski definition) is 6. The Morgan fingerprint density at radius 3 is 2.61 bits per heavy atom. The molecular weight excluding hydrogens is 507 g/mol. The van der Waals surface area contributed by atoms with Gasteiger partial charge in [0.05, 0.1) is 11.7 Å². The molecule has 2 amide bonds. The van der Waals surface area contributed by atoms with Crippen molar-refractivity contribution in [3.8, 4) is 16.9 Å². The summed E-state index contributed by atoms with van der Waals surface area (Å²) in [6.45, 7) is 1.77. The van der Waals surface area contributed by atoms with Crippen LogP contribution in [0.1, 0.15) is 24.4 Å². The number of hydrogen-bond donors (Lipinski definition) is 3. The molecule has 0 saturated carbocycles. The number of aromatic nitrogens is 6. The fraction of sp³-hybridized carbons (Fsp3) is 0.130. The van der Waals surface area contributed by atoms with Crippen LogP contribution >= 0.6 is 23.2 Å². The van der Waals surface area contributed by atoms with Crippen LogP contribution in [0.5, 0.6) is 0 Å². The zero-order valence-corrected chi connectivity index (χ0v) is 20.6. The molecular formula is C23H20Cl2N8O3. The third-order valence-corrected chi connectivity index (χ3v) is 5.77. The van der Waals surface area contributed by atoms with Crippen LogP contribution in [0, 0.1) is 0 Å². The minimum absolute atomic E-state index is 0.297. The summed E-state index contributed by atoms with van der Waals surface area (Å²) in [5.41, 5.74) is 2.99. The summed E-state index contributed by atoms with van der Waals surface area (Å²) in [5, 5.41) is 23.9. The van der Waals surface area contributed by atoms with Gasteiger partial charge in [0, 0.05) is 35.0 Å². The van der Waals surface area contributed by atoms with E-state index in [-0.39, 0.29) is 5.91 Å². The second-order valence-electron chi connectivity index (χ2n) is 7.69. The quantitative estimate of drug-likeness (QED) is 0.303. The Bertz CT molecular complexity index is 1420. The van der Waals surface area contributed by atoms with E-state index in [1.54, 1.807) is 55.5 Å². The van der Waals surface area contributed by atoms with Crippen LogP contribution in [0.15, 0.2) is 54.9 Å². The highest BCUT2D eigenvalue weighted by atomic mass is 35.5. The van der Waals surface area contributed by atoms with E-state index in [1.807, 2.05) is 0 Å². The molecule has 0 saturated heterocycles. The molecule has 13 heteroatoms. The minimum Gasteiger partial charge on any atom is -0.465 e. The standard InChI is InChI=1S/C23H20Cl2N8O3/c1-13(22-28-20(21(25)29-22)14-3-7-17(8-4-14)32(2)23(35)36)27-19(34)10-5-15-11-16(24)6-9-18(15)33-12-26-30-31-33/h3-13H,1-2H3,(H,27,34)(H,28,29)(H,35,36)/t13-/m0/s1. The summed E-state index contributed by atoms with van der Waals surface area (Å²) in [4.78, 5) is 32.3. The maximum absolute atomic E-state index is 12.6. The van der Waals surface area contributed by atoms with E-state index in [1.165, 1.54) is 24.1 Å². The summed E-state index contributed by atoms with van der Waals surface area (Å²) in [6.07, 6.45) is 3.36. The molecule has 0 bridgehead atoms. The lowest BCUT2D eigenvalue weighted by molar-refractivity contribution is -0.117. The smallest absolute Gasteiger partial charge is 0.411 e. The molecule has 2 heterocycles. The molecule has 0 aliphatic rings. The highest BCUT2D eigenvalue weighted by Gasteiger charge is 2.17. The van der Waals surface area contributed by atoms with E-state index < -0.39 is 12.1 Å². The van der Waals surface area contributed by atoms with Crippen LogP contribution in [-0.4, -0.2) is 54.3 Å². The van der Waals surface area contributed by atoms with Crippen LogP contribution < -0.4 is 10.2 Å². The fourth-order valence-electron chi connectivity index (χ4n) is 3.35. The Hall–Kier alpha value is -4.22. The number of carbonyl (C=O) groups is 2. The van der Waals surface area contributed by atoms with Gasteiger partial charge in [-0.25, -0.2) is 9.78 Å². The zero-order valence-electron chi connectivity index (χ0n) is 19.1. The Balaban J connectivity index is 1.47. The number of halogens is 2.